The molecular formula is C23H28N4O3. The number of ether oxygens (including phenoxy) is 1. The molecule has 1 fully saturated rings. The number of para-hydroxylation sites is 1. The second-order valence-electron chi connectivity index (χ2n) is 7.85. The molecule has 0 saturated carbocycles. The van der Waals surface area contributed by atoms with Crippen molar-refractivity contribution in [1.82, 2.24) is 20.0 Å². The number of carbonyl (C=O) groups is 1. The van der Waals surface area contributed by atoms with Crippen LogP contribution in [0.15, 0.2) is 53.1 Å². The van der Waals surface area contributed by atoms with Gasteiger partial charge in [0.2, 0.25) is 0 Å². The molecule has 158 valence electrons. The van der Waals surface area contributed by atoms with Gasteiger partial charge >= 0.3 is 0 Å². The Morgan fingerprint density at radius 1 is 1.13 bits per heavy atom. The van der Waals surface area contributed by atoms with Gasteiger partial charge in [-0.2, -0.15) is 5.10 Å². The lowest BCUT2D eigenvalue weighted by atomic mass is 10.2. The molecule has 7 heteroatoms. The molecule has 0 bridgehead atoms. The molecule has 4 rings (SSSR count). The van der Waals surface area contributed by atoms with Gasteiger partial charge in [0.15, 0.2) is 5.76 Å². The van der Waals surface area contributed by atoms with Crippen LogP contribution >= 0.6 is 0 Å². The maximum absolute atomic E-state index is 13.0. The zero-order chi connectivity index (χ0) is 21.1. The van der Waals surface area contributed by atoms with Crippen molar-refractivity contribution >= 4 is 5.91 Å². The summed E-state index contributed by atoms with van der Waals surface area (Å²) in [6.07, 6.45) is 2.18. The van der Waals surface area contributed by atoms with Gasteiger partial charge in [0.1, 0.15) is 11.5 Å². The van der Waals surface area contributed by atoms with Gasteiger partial charge in [0.25, 0.3) is 5.91 Å². The van der Waals surface area contributed by atoms with Gasteiger partial charge in [-0.3, -0.25) is 9.69 Å². The summed E-state index contributed by atoms with van der Waals surface area (Å²) in [4.78, 5) is 15.3. The minimum atomic E-state index is -0.157. The summed E-state index contributed by atoms with van der Waals surface area (Å²) >= 11 is 0. The molecule has 1 saturated heterocycles. The Morgan fingerprint density at radius 3 is 2.53 bits per heavy atom. The lowest BCUT2D eigenvalue weighted by Crippen LogP contribution is -2.47. The average molecular weight is 409 g/mol. The van der Waals surface area contributed by atoms with E-state index in [0.29, 0.717) is 23.6 Å². The van der Waals surface area contributed by atoms with E-state index >= 15 is 0 Å². The number of aryl methyl sites for hydroxylation is 1. The molecule has 0 aliphatic carbocycles. The number of carbonyl (C=O) groups excluding carboxylic acids is 1. The summed E-state index contributed by atoms with van der Waals surface area (Å²) in [5.74, 6) is 1.21. The van der Waals surface area contributed by atoms with Gasteiger partial charge in [0.05, 0.1) is 23.5 Å². The molecule has 30 heavy (non-hydrogen) atoms. The molecule has 1 N–H and O–H groups in total. The van der Waals surface area contributed by atoms with Gasteiger partial charge < -0.3 is 14.5 Å². The van der Waals surface area contributed by atoms with Crippen LogP contribution in [-0.4, -0.2) is 59.0 Å². The summed E-state index contributed by atoms with van der Waals surface area (Å²) in [7, 11) is 0. The van der Waals surface area contributed by atoms with E-state index in [2.05, 4.69) is 29.2 Å². The highest BCUT2D eigenvalue weighted by Crippen LogP contribution is 2.25. The predicted octanol–water partition coefficient (Wildman–Crippen LogP) is 3.28. The van der Waals surface area contributed by atoms with E-state index in [-0.39, 0.29) is 18.1 Å². The number of hydrogen-bond donors (Lipinski definition) is 1. The Morgan fingerprint density at radius 2 is 1.87 bits per heavy atom. The summed E-state index contributed by atoms with van der Waals surface area (Å²) in [5.41, 5.74) is 1.92. The SMILES string of the molecule is Cc1ccc(-c2nn(-c3ccccc3)cc2C(=O)NCCN2CC(C)OC(C)C2)o1. The van der Waals surface area contributed by atoms with Crippen LogP contribution in [0.5, 0.6) is 0 Å². The van der Waals surface area contributed by atoms with Gasteiger partial charge in [-0.1, -0.05) is 18.2 Å². The number of aromatic nitrogens is 2. The van der Waals surface area contributed by atoms with Crippen molar-refractivity contribution in [3.05, 3.63) is 60.0 Å². The first kappa shape index (κ1) is 20.4. The minimum Gasteiger partial charge on any atom is -0.460 e. The van der Waals surface area contributed by atoms with E-state index in [1.807, 2.05) is 49.4 Å². The number of nitrogens with zero attached hydrogens (tertiary/aromatic N) is 3. The Balaban J connectivity index is 1.50. The Labute approximate surface area is 176 Å². The summed E-state index contributed by atoms with van der Waals surface area (Å²) in [5, 5.41) is 7.68. The Kier molecular flexibility index (Phi) is 6.01. The van der Waals surface area contributed by atoms with Gasteiger partial charge in [-0.05, 0) is 45.0 Å². The topological polar surface area (TPSA) is 72.5 Å². The quantitative estimate of drug-likeness (QED) is 0.678. The Hall–Kier alpha value is -2.90. The standard InChI is InChI=1S/C23H28N4O3/c1-16-9-10-21(30-16)22-20(15-27(25-22)19-7-5-4-6-8-19)23(28)24-11-12-26-13-17(2)29-18(3)14-26/h4-10,15,17-18H,11-14H2,1-3H3,(H,24,28). The first-order chi connectivity index (χ1) is 14.5. The van der Waals surface area contributed by atoms with Crippen LogP contribution in [0.2, 0.25) is 0 Å². The molecule has 3 heterocycles. The van der Waals surface area contributed by atoms with Crippen molar-refractivity contribution in [1.29, 1.82) is 0 Å². The average Bonchev–Trinajstić information content (AvgIpc) is 3.34. The highest BCUT2D eigenvalue weighted by Gasteiger charge is 2.23. The third kappa shape index (κ3) is 4.63. The number of rotatable bonds is 6. The lowest BCUT2D eigenvalue weighted by molar-refractivity contribution is -0.0672. The highest BCUT2D eigenvalue weighted by molar-refractivity contribution is 5.99. The molecule has 1 aromatic carbocycles. The van der Waals surface area contributed by atoms with E-state index < -0.39 is 0 Å². The normalized spacial score (nSPS) is 19.7. The smallest absolute Gasteiger partial charge is 0.255 e. The zero-order valence-electron chi connectivity index (χ0n) is 17.7. The molecule has 2 atom stereocenters. The fraction of sp³-hybridized carbons (Fsp3) is 0.391. The highest BCUT2D eigenvalue weighted by atomic mass is 16.5. The molecule has 1 amide bonds. The van der Waals surface area contributed by atoms with Crippen LogP contribution in [0.4, 0.5) is 0 Å². The van der Waals surface area contributed by atoms with E-state index in [0.717, 1.165) is 31.1 Å². The van der Waals surface area contributed by atoms with Crippen molar-refractivity contribution in [2.24, 2.45) is 0 Å². The van der Waals surface area contributed by atoms with Gasteiger partial charge in [0, 0.05) is 32.4 Å². The van der Waals surface area contributed by atoms with E-state index in [1.165, 1.54) is 0 Å². The first-order valence-corrected chi connectivity index (χ1v) is 10.4. The van der Waals surface area contributed by atoms with Crippen molar-refractivity contribution in [3.8, 4) is 17.1 Å². The van der Waals surface area contributed by atoms with E-state index in [4.69, 9.17) is 9.15 Å². The van der Waals surface area contributed by atoms with Gasteiger partial charge in [-0.15, -0.1) is 0 Å². The van der Waals surface area contributed by atoms with Crippen LogP contribution < -0.4 is 5.32 Å². The molecule has 2 aromatic heterocycles. The fourth-order valence-corrected chi connectivity index (χ4v) is 3.89. The van der Waals surface area contributed by atoms with E-state index in [1.54, 1.807) is 10.9 Å². The second kappa shape index (κ2) is 8.85. The number of furan rings is 1. The molecule has 1 aliphatic heterocycles. The minimum absolute atomic E-state index is 0.157. The molecule has 0 radical (unpaired) electrons. The van der Waals surface area contributed by atoms with Crippen LogP contribution in [0.3, 0.4) is 0 Å². The zero-order valence-corrected chi connectivity index (χ0v) is 17.7. The maximum atomic E-state index is 13.0. The monoisotopic (exact) mass is 408 g/mol. The van der Waals surface area contributed by atoms with Crippen LogP contribution in [0.1, 0.15) is 30.0 Å². The second-order valence-corrected chi connectivity index (χ2v) is 7.85. The van der Waals surface area contributed by atoms with Crippen molar-refractivity contribution in [3.63, 3.8) is 0 Å². The number of hydrogen-bond acceptors (Lipinski definition) is 5. The lowest BCUT2D eigenvalue weighted by Gasteiger charge is -2.35. The number of benzene rings is 1. The summed E-state index contributed by atoms with van der Waals surface area (Å²) < 4.78 is 13.2. The number of nitrogens with one attached hydrogen (secondary N) is 1. The number of amides is 1. The third-order valence-corrected chi connectivity index (χ3v) is 5.16. The molecule has 1 aliphatic rings. The van der Waals surface area contributed by atoms with Crippen molar-refractivity contribution in [2.45, 2.75) is 33.0 Å². The predicted molar refractivity (Wildman–Crippen MR) is 115 cm³/mol. The van der Waals surface area contributed by atoms with Gasteiger partial charge in [-0.25, -0.2) is 4.68 Å². The fourth-order valence-electron chi connectivity index (χ4n) is 3.89. The molecule has 2 unspecified atom stereocenters. The molecule has 7 nitrogen and oxygen atoms in total. The first-order valence-electron chi connectivity index (χ1n) is 10.4. The Bertz CT molecular complexity index is 985. The third-order valence-electron chi connectivity index (χ3n) is 5.16. The van der Waals surface area contributed by atoms with E-state index in [9.17, 15) is 4.79 Å². The van der Waals surface area contributed by atoms with Crippen molar-refractivity contribution in [2.75, 3.05) is 26.2 Å². The van der Waals surface area contributed by atoms with Crippen LogP contribution in [0.25, 0.3) is 17.1 Å². The molecule has 3 aromatic rings. The number of morpholine rings is 1. The summed E-state index contributed by atoms with van der Waals surface area (Å²) in [6.45, 7) is 9.14. The molecular weight excluding hydrogens is 380 g/mol. The largest absolute Gasteiger partial charge is 0.460 e. The molecule has 0 spiro atoms. The maximum Gasteiger partial charge on any atom is 0.255 e. The van der Waals surface area contributed by atoms with Crippen molar-refractivity contribution < 1.29 is 13.9 Å². The summed E-state index contributed by atoms with van der Waals surface area (Å²) in [6, 6.07) is 13.5. The van der Waals surface area contributed by atoms with Crippen LogP contribution in [0, 0.1) is 6.92 Å². The van der Waals surface area contributed by atoms with Crippen LogP contribution in [-0.2, 0) is 4.74 Å².